The number of carbonyl (C=O) groups is 2. The fourth-order valence-electron chi connectivity index (χ4n) is 2.31. The third-order valence-corrected chi connectivity index (χ3v) is 6.58. The molecule has 0 aromatic carbocycles. The third kappa shape index (κ3) is 1.99. The molecule has 2 aliphatic heterocycles. The van der Waals surface area contributed by atoms with Crippen molar-refractivity contribution in [1.29, 1.82) is 0 Å². The number of likely N-dealkylation sites (tertiary alicyclic amines) is 1. The molecule has 1 aromatic rings. The average Bonchev–Trinajstić information content (AvgIpc) is 2.91. The first kappa shape index (κ1) is 12.8. The van der Waals surface area contributed by atoms with E-state index >= 15 is 0 Å². The Hall–Kier alpha value is -1.25. The number of nitrogens with zero attached hydrogens (tertiary/aromatic N) is 2. The van der Waals surface area contributed by atoms with Gasteiger partial charge in [0.25, 0.3) is 10.0 Å². The standard InChI is InChI=1S/C11H12N2O4S2/c14-9-3-4-10(15)13(9)8-6-12(7-8)19(16,17)11-2-1-5-18-11/h1-2,5,8H,3-4,6-7H2. The number of hydrogen-bond acceptors (Lipinski definition) is 5. The van der Waals surface area contributed by atoms with Crippen molar-refractivity contribution >= 4 is 33.2 Å². The molecule has 2 saturated heterocycles. The molecule has 0 spiro atoms. The van der Waals surface area contributed by atoms with Crippen LogP contribution >= 0.6 is 11.3 Å². The second-order valence-corrected chi connectivity index (χ2v) is 7.68. The fraction of sp³-hybridized carbons (Fsp3) is 0.455. The molecular weight excluding hydrogens is 288 g/mol. The Morgan fingerprint density at radius 1 is 1.16 bits per heavy atom. The van der Waals surface area contributed by atoms with Gasteiger partial charge >= 0.3 is 0 Å². The first-order chi connectivity index (χ1) is 9.00. The highest BCUT2D eigenvalue weighted by molar-refractivity contribution is 7.91. The van der Waals surface area contributed by atoms with Crippen molar-refractivity contribution in [3.05, 3.63) is 17.5 Å². The molecule has 2 aliphatic rings. The van der Waals surface area contributed by atoms with Gasteiger partial charge in [0.05, 0.1) is 6.04 Å². The summed E-state index contributed by atoms with van der Waals surface area (Å²) < 4.78 is 25.9. The number of thiophene rings is 1. The van der Waals surface area contributed by atoms with Crippen LogP contribution in [0.15, 0.2) is 21.7 Å². The van der Waals surface area contributed by atoms with E-state index in [4.69, 9.17) is 0 Å². The van der Waals surface area contributed by atoms with Crippen LogP contribution < -0.4 is 0 Å². The summed E-state index contributed by atoms with van der Waals surface area (Å²) in [7, 11) is -3.45. The lowest BCUT2D eigenvalue weighted by Gasteiger charge is -2.41. The predicted molar refractivity (Wildman–Crippen MR) is 68.0 cm³/mol. The maximum absolute atomic E-state index is 12.1. The molecule has 2 amide bonds. The Morgan fingerprint density at radius 2 is 1.79 bits per heavy atom. The lowest BCUT2D eigenvalue weighted by atomic mass is 10.1. The zero-order valence-corrected chi connectivity index (χ0v) is 11.6. The van der Waals surface area contributed by atoms with Gasteiger partial charge in [0.1, 0.15) is 4.21 Å². The first-order valence-electron chi connectivity index (χ1n) is 5.88. The van der Waals surface area contributed by atoms with E-state index in [-0.39, 0.29) is 43.8 Å². The average molecular weight is 300 g/mol. The molecule has 1 aromatic heterocycles. The van der Waals surface area contributed by atoms with Gasteiger partial charge in [-0.3, -0.25) is 14.5 Å². The van der Waals surface area contributed by atoms with Gasteiger partial charge in [-0.1, -0.05) is 6.07 Å². The molecule has 0 atom stereocenters. The minimum absolute atomic E-state index is 0.192. The number of hydrogen-bond donors (Lipinski definition) is 0. The van der Waals surface area contributed by atoms with Crippen molar-refractivity contribution in [3.8, 4) is 0 Å². The summed E-state index contributed by atoms with van der Waals surface area (Å²) >= 11 is 1.16. The molecule has 19 heavy (non-hydrogen) atoms. The van der Waals surface area contributed by atoms with Gasteiger partial charge in [-0.25, -0.2) is 8.42 Å². The summed E-state index contributed by atoms with van der Waals surface area (Å²) in [6, 6.07) is 2.94. The van der Waals surface area contributed by atoms with Crippen LogP contribution in [-0.4, -0.2) is 48.6 Å². The Balaban J connectivity index is 1.71. The van der Waals surface area contributed by atoms with Crippen LogP contribution in [0.25, 0.3) is 0 Å². The van der Waals surface area contributed by atoms with Gasteiger partial charge in [-0.2, -0.15) is 4.31 Å². The van der Waals surface area contributed by atoms with Gasteiger partial charge in [-0.15, -0.1) is 11.3 Å². The fourth-order valence-corrected chi connectivity index (χ4v) is 4.97. The van der Waals surface area contributed by atoms with Gasteiger partial charge in [0.2, 0.25) is 11.8 Å². The summed E-state index contributed by atoms with van der Waals surface area (Å²) in [4.78, 5) is 24.3. The normalized spacial score (nSPS) is 22.0. The van der Waals surface area contributed by atoms with Gasteiger partial charge in [-0.05, 0) is 11.4 Å². The van der Waals surface area contributed by atoms with E-state index in [1.165, 1.54) is 9.21 Å². The molecule has 0 N–H and O–H groups in total. The highest BCUT2D eigenvalue weighted by atomic mass is 32.2. The molecule has 102 valence electrons. The molecule has 0 saturated carbocycles. The Kier molecular flexibility index (Phi) is 2.95. The molecule has 8 heteroatoms. The molecule has 3 heterocycles. The van der Waals surface area contributed by atoms with Crippen LogP contribution in [0.3, 0.4) is 0 Å². The minimum atomic E-state index is -3.45. The maximum Gasteiger partial charge on any atom is 0.252 e. The van der Waals surface area contributed by atoms with E-state index < -0.39 is 10.0 Å². The number of amides is 2. The largest absolute Gasteiger partial charge is 0.277 e. The van der Waals surface area contributed by atoms with E-state index in [1.807, 2.05) is 0 Å². The van der Waals surface area contributed by atoms with E-state index in [0.717, 1.165) is 11.3 Å². The van der Waals surface area contributed by atoms with Crippen LogP contribution in [0.4, 0.5) is 0 Å². The Morgan fingerprint density at radius 3 is 2.32 bits per heavy atom. The number of carbonyl (C=O) groups excluding carboxylic acids is 2. The molecular formula is C11H12N2O4S2. The zero-order valence-electron chi connectivity index (χ0n) is 9.98. The summed E-state index contributed by atoms with van der Waals surface area (Å²) in [6.45, 7) is 0.412. The van der Waals surface area contributed by atoms with Crippen molar-refractivity contribution in [2.45, 2.75) is 23.1 Å². The van der Waals surface area contributed by atoms with Crippen molar-refractivity contribution in [1.82, 2.24) is 9.21 Å². The molecule has 0 bridgehead atoms. The van der Waals surface area contributed by atoms with Gasteiger partial charge in [0, 0.05) is 25.9 Å². The quantitative estimate of drug-likeness (QED) is 0.751. The van der Waals surface area contributed by atoms with Gasteiger partial charge < -0.3 is 0 Å². The number of imide groups is 1. The lowest BCUT2D eigenvalue weighted by molar-refractivity contribution is -0.143. The van der Waals surface area contributed by atoms with Crippen LogP contribution in [-0.2, 0) is 19.6 Å². The highest BCUT2D eigenvalue weighted by Crippen LogP contribution is 2.29. The molecule has 2 fully saturated rings. The third-order valence-electron chi connectivity index (χ3n) is 3.37. The van der Waals surface area contributed by atoms with Crippen molar-refractivity contribution < 1.29 is 18.0 Å². The van der Waals surface area contributed by atoms with Crippen molar-refractivity contribution in [3.63, 3.8) is 0 Å². The molecule has 0 aliphatic carbocycles. The summed E-state index contributed by atoms with van der Waals surface area (Å²) in [5, 5.41) is 1.71. The maximum atomic E-state index is 12.1. The second-order valence-electron chi connectivity index (χ2n) is 4.57. The monoisotopic (exact) mass is 300 g/mol. The number of rotatable bonds is 3. The first-order valence-corrected chi connectivity index (χ1v) is 8.20. The van der Waals surface area contributed by atoms with E-state index in [2.05, 4.69) is 0 Å². The van der Waals surface area contributed by atoms with Crippen molar-refractivity contribution in [2.75, 3.05) is 13.1 Å². The lowest BCUT2D eigenvalue weighted by Crippen LogP contribution is -2.61. The summed E-state index contributed by atoms with van der Waals surface area (Å²) in [5.74, 6) is -0.383. The summed E-state index contributed by atoms with van der Waals surface area (Å²) in [6.07, 6.45) is 0.486. The topological polar surface area (TPSA) is 74.8 Å². The number of sulfonamides is 1. The predicted octanol–water partition coefficient (Wildman–Crippen LogP) is 0.270. The van der Waals surface area contributed by atoms with Crippen LogP contribution in [0.1, 0.15) is 12.8 Å². The van der Waals surface area contributed by atoms with Crippen LogP contribution in [0.5, 0.6) is 0 Å². The van der Waals surface area contributed by atoms with Gasteiger partial charge in [0.15, 0.2) is 0 Å². The second kappa shape index (κ2) is 4.39. The highest BCUT2D eigenvalue weighted by Gasteiger charge is 2.45. The van der Waals surface area contributed by atoms with Crippen molar-refractivity contribution in [2.24, 2.45) is 0 Å². The van der Waals surface area contributed by atoms with Crippen LogP contribution in [0.2, 0.25) is 0 Å². The molecule has 0 radical (unpaired) electrons. The SMILES string of the molecule is O=C1CCC(=O)N1C1CN(S(=O)(=O)c2cccs2)C1. The molecule has 0 unspecified atom stereocenters. The smallest absolute Gasteiger partial charge is 0.252 e. The molecule has 6 nitrogen and oxygen atoms in total. The van der Waals surface area contributed by atoms with E-state index in [0.29, 0.717) is 4.21 Å². The zero-order chi connectivity index (χ0) is 13.6. The summed E-state index contributed by atoms with van der Waals surface area (Å²) in [5.41, 5.74) is 0. The van der Waals surface area contributed by atoms with Crippen LogP contribution in [0, 0.1) is 0 Å². The Bertz CT molecular complexity index is 601. The van der Waals surface area contributed by atoms with E-state index in [1.54, 1.807) is 17.5 Å². The Labute approximate surface area is 114 Å². The van der Waals surface area contributed by atoms with E-state index in [9.17, 15) is 18.0 Å². The molecule has 3 rings (SSSR count). The minimum Gasteiger partial charge on any atom is -0.277 e.